The highest BCUT2D eigenvalue weighted by Gasteiger charge is 2.15. The molecular weight excluding hydrogens is 298 g/mol. The van der Waals surface area contributed by atoms with Crippen LogP contribution in [0.2, 0.25) is 0 Å². The van der Waals surface area contributed by atoms with Crippen LogP contribution in [-0.4, -0.2) is 16.0 Å². The van der Waals surface area contributed by atoms with Crippen molar-refractivity contribution in [2.75, 3.05) is 0 Å². The van der Waals surface area contributed by atoms with Crippen molar-refractivity contribution < 1.29 is 4.74 Å². The van der Waals surface area contributed by atoms with Crippen molar-refractivity contribution in [3.05, 3.63) is 72.4 Å². The van der Waals surface area contributed by atoms with Crippen LogP contribution < -0.4 is 4.74 Å². The number of rotatable bonds is 7. The maximum Gasteiger partial charge on any atom is 0.241 e. The summed E-state index contributed by atoms with van der Waals surface area (Å²) < 4.78 is 7.88. The maximum atomic E-state index is 7.30. The summed E-state index contributed by atoms with van der Waals surface area (Å²) >= 11 is 0. The van der Waals surface area contributed by atoms with Gasteiger partial charge in [-0.25, -0.2) is 0 Å². The van der Waals surface area contributed by atoms with E-state index >= 15 is 0 Å². The van der Waals surface area contributed by atoms with Crippen LogP contribution in [0.4, 0.5) is 0 Å². The van der Waals surface area contributed by atoms with Crippen molar-refractivity contribution in [3.8, 4) is 17.0 Å². The van der Waals surface area contributed by atoms with Crippen LogP contribution in [-0.2, 0) is 6.61 Å². The average molecular weight is 319 g/mol. The van der Waals surface area contributed by atoms with E-state index < -0.39 is 0 Å². The van der Waals surface area contributed by atoms with Gasteiger partial charge in [0.25, 0.3) is 0 Å². The molecule has 0 aliphatic carbocycles. The van der Waals surface area contributed by atoms with Crippen molar-refractivity contribution in [3.63, 3.8) is 0 Å². The van der Waals surface area contributed by atoms with Gasteiger partial charge in [0, 0.05) is 12.6 Å². The lowest BCUT2D eigenvalue weighted by Gasteiger charge is -2.08. The Bertz CT molecular complexity index is 781. The summed E-state index contributed by atoms with van der Waals surface area (Å²) in [6.07, 6.45) is 4.07. The van der Waals surface area contributed by atoms with E-state index in [0.717, 1.165) is 16.7 Å². The summed E-state index contributed by atoms with van der Waals surface area (Å²) in [7, 11) is 0. The Labute approximate surface area is 142 Å². The third-order valence-corrected chi connectivity index (χ3v) is 3.91. The summed E-state index contributed by atoms with van der Waals surface area (Å²) in [6, 6.07) is 20.3. The van der Waals surface area contributed by atoms with Gasteiger partial charge in [0.1, 0.15) is 6.61 Å². The van der Waals surface area contributed by atoms with Crippen LogP contribution in [0.1, 0.15) is 24.9 Å². The molecule has 0 saturated carbocycles. The van der Waals surface area contributed by atoms with Crippen LogP contribution in [0.25, 0.3) is 11.1 Å². The van der Waals surface area contributed by atoms with Gasteiger partial charge >= 0.3 is 0 Å². The zero-order valence-electron chi connectivity index (χ0n) is 13.7. The van der Waals surface area contributed by atoms with E-state index in [4.69, 9.17) is 10.1 Å². The molecule has 0 aliphatic rings. The molecule has 2 aromatic carbocycles. The second-order valence-corrected chi connectivity index (χ2v) is 5.76. The minimum Gasteiger partial charge on any atom is -0.471 e. The number of benzene rings is 2. The van der Waals surface area contributed by atoms with Gasteiger partial charge < -0.3 is 10.1 Å². The number of ether oxygens (including phenoxy) is 1. The molecule has 0 bridgehead atoms. The van der Waals surface area contributed by atoms with E-state index in [0.29, 0.717) is 18.9 Å². The first-order valence-corrected chi connectivity index (χ1v) is 8.08. The second kappa shape index (κ2) is 7.59. The first-order valence-electron chi connectivity index (χ1n) is 8.08. The number of nitrogens with zero attached hydrogens (tertiary/aromatic N) is 2. The molecule has 0 fully saturated rings. The molecule has 1 unspecified atom stereocenters. The molecule has 0 aliphatic heterocycles. The smallest absolute Gasteiger partial charge is 0.241 e. The van der Waals surface area contributed by atoms with Crippen LogP contribution in [0.5, 0.6) is 5.88 Å². The lowest BCUT2D eigenvalue weighted by atomic mass is 10.1. The maximum absolute atomic E-state index is 7.30. The highest BCUT2D eigenvalue weighted by Crippen LogP contribution is 2.30. The third kappa shape index (κ3) is 3.71. The molecule has 0 amide bonds. The Hall–Kier alpha value is -2.88. The molecule has 0 spiro atoms. The molecule has 4 heteroatoms. The Morgan fingerprint density at radius 2 is 1.75 bits per heavy atom. The largest absolute Gasteiger partial charge is 0.471 e. The molecule has 1 heterocycles. The average Bonchev–Trinajstić information content (AvgIpc) is 3.06. The van der Waals surface area contributed by atoms with E-state index in [9.17, 15) is 0 Å². The second-order valence-electron chi connectivity index (χ2n) is 5.76. The van der Waals surface area contributed by atoms with E-state index in [2.05, 4.69) is 17.2 Å². The van der Waals surface area contributed by atoms with Crippen LogP contribution in [0.3, 0.4) is 0 Å². The Balaban J connectivity index is 1.89. The Morgan fingerprint density at radius 1 is 1.08 bits per heavy atom. The highest BCUT2D eigenvalue weighted by atomic mass is 16.5. The van der Waals surface area contributed by atoms with Gasteiger partial charge in [-0.3, -0.25) is 4.68 Å². The van der Waals surface area contributed by atoms with Gasteiger partial charge in [0.05, 0.1) is 11.6 Å². The van der Waals surface area contributed by atoms with Gasteiger partial charge in [-0.15, -0.1) is 5.10 Å². The van der Waals surface area contributed by atoms with Crippen LogP contribution in [0.15, 0.2) is 66.9 Å². The minimum absolute atomic E-state index is 0.124. The zero-order chi connectivity index (χ0) is 16.8. The highest BCUT2D eigenvalue weighted by molar-refractivity contribution is 5.68. The molecule has 3 rings (SSSR count). The van der Waals surface area contributed by atoms with E-state index in [1.54, 1.807) is 0 Å². The standard InChI is InChI=1S/C20H21N3O/c1-16(12-13-21)23-14-19(18-10-6-3-7-11-18)20(22-23)24-15-17-8-4-2-5-9-17/h2-11,13-14,16,21H,12,15H2,1H3. The van der Waals surface area contributed by atoms with Gasteiger partial charge in [0.2, 0.25) is 5.88 Å². The topological polar surface area (TPSA) is 50.9 Å². The van der Waals surface area contributed by atoms with Crippen molar-refractivity contribution in [1.29, 1.82) is 5.41 Å². The van der Waals surface area contributed by atoms with Crippen molar-refractivity contribution in [1.82, 2.24) is 9.78 Å². The fraction of sp³-hybridized carbons (Fsp3) is 0.200. The molecule has 1 atom stereocenters. The first-order chi connectivity index (χ1) is 11.8. The SMILES string of the molecule is CC(CC=N)n1cc(-c2ccccc2)c(OCc2ccccc2)n1. The summed E-state index contributed by atoms with van der Waals surface area (Å²) in [4.78, 5) is 0. The van der Waals surface area contributed by atoms with E-state index in [-0.39, 0.29) is 6.04 Å². The third-order valence-electron chi connectivity index (χ3n) is 3.91. The molecule has 0 radical (unpaired) electrons. The Morgan fingerprint density at radius 3 is 2.42 bits per heavy atom. The van der Waals surface area contributed by atoms with Crippen LogP contribution in [0, 0.1) is 5.41 Å². The normalized spacial score (nSPS) is 11.9. The van der Waals surface area contributed by atoms with E-state index in [1.165, 1.54) is 6.21 Å². The van der Waals surface area contributed by atoms with Gasteiger partial charge in [-0.1, -0.05) is 60.7 Å². The molecule has 1 N–H and O–H groups in total. The summed E-state index contributed by atoms with van der Waals surface area (Å²) in [6.45, 7) is 2.53. The van der Waals surface area contributed by atoms with Gasteiger partial charge in [0.15, 0.2) is 0 Å². The number of nitrogens with one attached hydrogen (secondary N) is 1. The fourth-order valence-corrected chi connectivity index (χ4v) is 2.53. The molecule has 122 valence electrons. The van der Waals surface area contributed by atoms with Crippen LogP contribution >= 0.6 is 0 Å². The molecule has 1 aromatic heterocycles. The quantitative estimate of drug-likeness (QED) is 0.640. The zero-order valence-corrected chi connectivity index (χ0v) is 13.7. The predicted octanol–water partition coefficient (Wildman–Crippen LogP) is 4.73. The Kier molecular flexibility index (Phi) is 5.06. The predicted molar refractivity (Wildman–Crippen MR) is 96.5 cm³/mol. The lowest BCUT2D eigenvalue weighted by Crippen LogP contribution is -2.06. The van der Waals surface area contributed by atoms with Crippen molar-refractivity contribution in [2.24, 2.45) is 0 Å². The molecule has 4 nitrogen and oxygen atoms in total. The van der Waals surface area contributed by atoms with Gasteiger partial charge in [-0.2, -0.15) is 0 Å². The molecular formula is C20H21N3O. The number of aromatic nitrogens is 2. The van der Waals surface area contributed by atoms with Crippen molar-refractivity contribution in [2.45, 2.75) is 26.0 Å². The summed E-state index contributed by atoms with van der Waals surface area (Å²) in [5, 5.41) is 11.9. The number of hydrogen-bond donors (Lipinski definition) is 1. The summed E-state index contributed by atoms with van der Waals surface area (Å²) in [5.41, 5.74) is 3.16. The number of hydrogen-bond acceptors (Lipinski definition) is 3. The molecule has 0 saturated heterocycles. The summed E-state index contributed by atoms with van der Waals surface area (Å²) in [5.74, 6) is 0.627. The van der Waals surface area contributed by atoms with Crippen molar-refractivity contribution >= 4 is 6.21 Å². The van der Waals surface area contributed by atoms with Gasteiger partial charge in [-0.05, 0) is 24.3 Å². The first kappa shape index (κ1) is 16.0. The lowest BCUT2D eigenvalue weighted by molar-refractivity contribution is 0.288. The fourth-order valence-electron chi connectivity index (χ4n) is 2.53. The monoisotopic (exact) mass is 319 g/mol. The van der Waals surface area contributed by atoms with E-state index in [1.807, 2.05) is 66.3 Å². The molecule has 3 aromatic rings. The minimum atomic E-state index is 0.124. The molecule has 24 heavy (non-hydrogen) atoms.